The summed E-state index contributed by atoms with van der Waals surface area (Å²) in [7, 11) is 0. The van der Waals surface area contributed by atoms with Gasteiger partial charge in [-0.2, -0.15) is 0 Å². The molecule has 0 atom stereocenters. The molecule has 0 bridgehead atoms. The zero-order valence-corrected chi connectivity index (χ0v) is 13.0. The predicted molar refractivity (Wildman–Crippen MR) is 84.7 cm³/mol. The molecule has 0 unspecified atom stereocenters. The van der Waals surface area contributed by atoms with Crippen molar-refractivity contribution in [1.29, 1.82) is 0 Å². The molecule has 0 fully saturated rings. The van der Waals surface area contributed by atoms with Crippen LogP contribution in [0.1, 0.15) is 32.1 Å². The number of amides is 1. The summed E-state index contributed by atoms with van der Waals surface area (Å²) < 4.78 is 0. The van der Waals surface area contributed by atoms with Gasteiger partial charge in [0, 0.05) is 16.0 Å². The van der Waals surface area contributed by atoms with Crippen LogP contribution in [0.2, 0.25) is 0 Å². The monoisotopic (exact) mass is 300 g/mol. The van der Waals surface area contributed by atoms with E-state index in [0.29, 0.717) is 10.7 Å². The quantitative estimate of drug-likeness (QED) is 0.838. The Bertz CT molecular complexity index is 719. The lowest BCUT2D eigenvalue weighted by Crippen LogP contribution is -2.13. The highest BCUT2D eigenvalue weighted by molar-refractivity contribution is 7.15. The predicted octanol–water partition coefficient (Wildman–Crippen LogP) is 2.66. The van der Waals surface area contributed by atoms with E-state index in [2.05, 4.69) is 22.1 Å². The van der Waals surface area contributed by atoms with Gasteiger partial charge in [-0.1, -0.05) is 17.9 Å². The number of carbonyl (C=O) groups excluding carboxylic acids is 1. The third-order valence-corrected chi connectivity index (χ3v) is 4.12. The standard InChI is InChI=1S/C16H16N2O2S/c1-10-13(7-5-9-19)6-4-8-14(10)15(20)18-16-17-11(2)12(3)21-16/h4,6,8,19H,9H2,1-3H3,(H,17,18,20). The summed E-state index contributed by atoms with van der Waals surface area (Å²) >= 11 is 1.46. The molecule has 4 nitrogen and oxygen atoms in total. The first kappa shape index (κ1) is 15.2. The average molecular weight is 300 g/mol. The van der Waals surface area contributed by atoms with Crippen molar-refractivity contribution in [2.45, 2.75) is 20.8 Å². The molecular formula is C16H16N2O2S. The van der Waals surface area contributed by atoms with E-state index in [1.54, 1.807) is 12.1 Å². The molecule has 0 spiro atoms. The molecule has 1 heterocycles. The Hall–Kier alpha value is -2.16. The zero-order chi connectivity index (χ0) is 15.4. The number of anilines is 1. The minimum Gasteiger partial charge on any atom is -0.384 e. The molecule has 0 radical (unpaired) electrons. The minimum absolute atomic E-state index is 0.200. The molecular weight excluding hydrogens is 284 g/mol. The normalized spacial score (nSPS) is 9.90. The number of thiazole rings is 1. The third kappa shape index (κ3) is 3.48. The van der Waals surface area contributed by atoms with Gasteiger partial charge in [-0.3, -0.25) is 10.1 Å². The van der Waals surface area contributed by atoms with Crippen molar-refractivity contribution in [2.75, 3.05) is 11.9 Å². The van der Waals surface area contributed by atoms with Crippen molar-refractivity contribution < 1.29 is 9.90 Å². The largest absolute Gasteiger partial charge is 0.384 e. The van der Waals surface area contributed by atoms with Crippen molar-refractivity contribution in [1.82, 2.24) is 4.98 Å². The van der Waals surface area contributed by atoms with Crippen LogP contribution in [-0.2, 0) is 0 Å². The first-order valence-corrected chi connectivity index (χ1v) is 7.29. The lowest BCUT2D eigenvalue weighted by Gasteiger charge is -2.07. The molecule has 0 saturated carbocycles. The van der Waals surface area contributed by atoms with Gasteiger partial charge in [0.1, 0.15) is 6.61 Å². The molecule has 21 heavy (non-hydrogen) atoms. The number of nitrogens with one attached hydrogen (secondary N) is 1. The Kier molecular flexibility index (Phi) is 4.73. The molecule has 1 aromatic heterocycles. The summed E-state index contributed by atoms with van der Waals surface area (Å²) in [4.78, 5) is 17.7. The van der Waals surface area contributed by atoms with Crippen LogP contribution in [0.25, 0.3) is 0 Å². The van der Waals surface area contributed by atoms with Crippen LogP contribution in [0.15, 0.2) is 18.2 Å². The summed E-state index contributed by atoms with van der Waals surface area (Å²) in [6.07, 6.45) is 0. The number of aliphatic hydroxyl groups excluding tert-OH is 1. The van der Waals surface area contributed by atoms with Gasteiger partial charge in [0.15, 0.2) is 5.13 Å². The Morgan fingerprint density at radius 3 is 2.76 bits per heavy atom. The summed E-state index contributed by atoms with van der Waals surface area (Å²) in [5, 5.41) is 12.2. The van der Waals surface area contributed by atoms with Crippen molar-refractivity contribution in [2.24, 2.45) is 0 Å². The maximum atomic E-state index is 12.3. The number of benzene rings is 1. The minimum atomic E-state index is -0.201. The molecule has 2 N–H and O–H groups in total. The Morgan fingerprint density at radius 2 is 2.14 bits per heavy atom. The second-order valence-corrected chi connectivity index (χ2v) is 5.76. The van der Waals surface area contributed by atoms with Crippen molar-refractivity contribution >= 4 is 22.4 Å². The van der Waals surface area contributed by atoms with Crippen LogP contribution in [0, 0.1) is 32.6 Å². The molecule has 5 heteroatoms. The first-order chi connectivity index (χ1) is 10.0. The third-order valence-electron chi connectivity index (χ3n) is 3.13. The van der Waals surface area contributed by atoms with Crippen molar-refractivity contribution in [3.05, 3.63) is 45.5 Å². The highest BCUT2D eigenvalue weighted by Crippen LogP contribution is 2.22. The number of aliphatic hydroxyl groups is 1. The molecule has 0 aliphatic rings. The molecule has 108 valence electrons. The highest BCUT2D eigenvalue weighted by Gasteiger charge is 2.13. The maximum absolute atomic E-state index is 12.3. The number of hydrogen-bond acceptors (Lipinski definition) is 4. The van der Waals surface area contributed by atoms with E-state index in [9.17, 15) is 4.79 Å². The molecule has 2 rings (SSSR count). The van der Waals surface area contributed by atoms with Crippen molar-refractivity contribution in [3.63, 3.8) is 0 Å². The molecule has 2 aromatic rings. The van der Waals surface area contributed by atoms with Crippen molar-refractivity contribution in [3.8, 4) is 11.8 Å². The van der Waals surface area contributed by atoms with Gasteiger partial charge in [0.2, 0.25) is 0 Å². The number of nitrogens with zero attached hydrogens (tertiary/aromatic N) is 1. The lowest BCUT2D eigenvalue weighted by molar-refractivity contribution is 0.102. The van der Waals surface area contributed by atoms with Crippen LogP contribution < -0.4 is 5.32 Å². The highest BCUT2D eigenvalue weighted by atomic mass is 32.1. The second-order valence-electron chi connectivity index (χ2n) is 4.55. The number of aryl methyl sites for hydroxylation is 2. The topological polar surface area (TPSA) is 62.2 Å². The van der Waals surface area contributed by atoms with E-state index in [1.165, 1.54) is 11.3 Å². The maximum Gasteiger partial charge on any atom is 0.257 e. The molecule has 1 aromatic carbocycles. The van der Waals surface area contributed by atoms with E-state index in [4.69, 9.17) is 5.11 Å². The fraction of sp³-hybridized carbons (Fsp3) is 0.250. The smallest absolute Gasteiger partial charge is 0.257 e. The fourth-order valence-electron chi connectivity index (χ4n) is 1.84. The van der Waals surface area contributed by atoms with Gasteiger partial charge in [-0.25, -0.2) is 4.98 Å². The van der Waals surface area contributed by atoms with E-state index in [1.807, 2.05) is 26.8 Å². The van der Waals surface area contributed by atoms with E-state index < -0.39 is 0 Å². The van der Waals surface area contributed by atoms with Gasteiger partial charge in [0.05, 0.1) is 5.69 Å². The molecule has 1 amide bonds. The number of hydrogen-bond donors (Lipinski definition) is 2. The van der Waals surface area contributed by atoms with Gasteiger partial charge in [-0.05, 0) is 38.5 Å². The van der Waals surface area contributed by atoms with Gasteiger partial charge in [0.25, 0.3) is 5.91 Å². The van der Waals surface area contributed by atoms with Gasteiger partial charge in [-0.15, -0.1) is 11.3 Å². The van der Waals surface area contributed by atoms with Crippen LogP contribution in [0.5, 0.6) is 0 Å². The summed E-state index contributed by atoms with van der Waals surface area (Å²) in [6, 6.07) is 5.36. The van der Waals surface area contributed by atoms with Gasteiger partial charge >= 0.3 is 0 Å². The summed E-state index contributed by atoms with van der Waals surface area (Å²) in [5.41, 5.74) is 3.02. The first-order valence-electron chi connectivity index (χ1n) is 6.47. The number of rotatable bonds is 2. The van der Waals surface area contributed by atoms with Crippen LogP contribution in [0.4, 0.5) is 5.13 Å². The van der Waals surface area contributed by atoms with Gasteiger partial charge < -0.3 is 5.11 Å². The van der Waals surface area contributed by atoms with Crippen LogP contribution in [0.3, 0.4) is 0 Å². The summed E-state index contributed by atoms with van der Waals surface area (Å²) in [5.74, 6) is 5.24. The average Bonchev–Trinajstić information content (AvgIpc) is 2.76. The lowest BCUT2D eigenvalue weighted by atomic mass is 10.0. The molecule has 0 aliphatic carbocycles. The fourth-order valence-corrected chi connectivity index (χ4v) is 2.65. The number of carbonyl (C=O) groups is 1. The Labute approximate surface area is 127 Å². The number of aromatic nitrogens is 1. The molecule has 0 saturated heterocycles. The van der Waals surface area contributed by atoms with Crippen LogP contribution in [-0.4, -0.2) is 22.6 Å². The van der Waals surface area contributed by atoms with E-state index in [-0.39, 0.29) is 12.5 Å². The van der Waals surface area contributed by atoms with E-state index >= 15 is 0 Å². The summed E-state index contributed by atoms with van der Waals surface area (Å²) in [6.45, 7) is 5.53. The van der Waals surface area contributed by atoms with E-state index in [0.717, 1.165) is 21.7 Å². The zero-order valence-electron chi connectivity index (χ0n) is 12.2. The SMILES string of the molecule is Cc1nc(NC(=O)c2cccc(C#CCO)c2C)sc1C. The Balaban J connectivity index is 2.27. The van der Waals surface area contributed by atoms with Crippen LogP contribution >= 0.6 is 11.3 Å². The molecule has 0 aliphatic heterocycles. The Morgan fingerprint density at radius 1 is 1.38 bits per heavy atom. The second kappa shape index (κ2) is 6.53.